The fourth-order valence-electron chi connectivity index (χ4n) is 2.75. The highest BCUT2D eigenvalue weighted by Gasteiger charge is 2.32. The van der Waals surface area contributed by atoms with Gasteiger partial charge < -0.3 is 10.2 Å². The Hall–Kier alpha value is -2.86. The third kappa shape index (κ3) is 2.72. The van der Waals surface area contributed by atoms with Gasteiger partial charge in [-0.3, -0.25) is 5.01 Å². The molecule has 6 nitrogen and oxygen atoms in total. The number of nitrogens with zero attached hydrogens (tertiary/aromatic N) is 4. The molecule has 0 bridgehead atoms. The Bertz CT molecular complexity index is 876. The third-order valence-electron chi connectivity index (χ3n) is 3.87. The lowest BCUT2D eigenvalue weighted by molar-refractivity contribution is 0.561. The van der Waals surface area contributed by atoms with Gasteiger partial charge in [-0.15, -0.1) is 5.10 Å². The van der Waals surface area contributed by atoms with Crippen molar-refractivity contribution < 1.29 is 4.42 Å². The Labute approximate surface area is 143 Å². The molecule has 1 aliphatic rings. The molecule has 24 heavy (non-hydrogen) atoms. The van der Waals surface area contributed by atoms with Crippen LogP contribution in [0.15, 0.2) is 64.1 Å². The summed E-state index contributed by atoms with van der Waals surface area (Å²) in [6.45, 7) is 0. The number of halogens is 1. The van der Waals surface area contributed by atoms with Crippen molar-refractivity contribution in [2.24, 2.45) is 5.10 Å². The second-order valence-corrected chi connectivity index (χ2v) is 5.88. The molecule has 0 fully saturated rings. The van der Waals surface area contributed by atoms with Crippen LogP contribution in [0.3, 0.4) is 0 Å². The van der Waals surface area contributed by atoms with Crippen LogP contribution in [0.4, 0.5) is 11.7 Å². The minimum Gasteiger partial charge on any atom is -0.402 e. The maximum atomic E-state index is 6.01. The first-order valence-electron chi connectivity index (χ1n) is 7.47. The number of hydrogen-bond acceptors (Lipinski definition) is 6. The van der Waals surface area contributed by atoms with Crippen molar-refractivity contribution in [3.05, 3.63) is 71.1 Å². The molecule has 2 heterocycles. The second kappa shape index (κ2) is 5.98. The van der Waals surface area contributed by atoms with E-state index in [9.17, 15) is 0 Å². The monoisotopic (exact) mass is 339 g/mol. The zero-order valence-electron chi connectivity index (χ0n) is 12.6. The van der Waals surface area contributed by atoms with E-state index in [2.05, 4.69) is 15.3 Å². The summed E-state index contributed by atoms with van der Waals surface area (Å²) in [5, 5.41) is 15.0. The summed E-state index contributed by atoms with van der Waals surface area (Å²) in [7, 11) is 0. The van der Waals surface area contributed by atoms with Gasteiger partial charge >= 0.3 is 6.01 Å². The number of para-hydroxylation sites is 1. The highest BCUT2D eigenvalue weighted by atomic mass is 35.5. The molecular weight excluding hydrogens is 326 g/mol. The first-order chi connectivity index (χ1) is 11.7. The quantitative estimate of drug-likeness (QED) is 0.787. The Morgan fingerprint density at radius 3 is 2.46 bits per heavy atom. The Morgan fingerprint density at radius 1 is 1.04 bits per heavy atom. The number of hydrogen-bond donors (Lipinski definition) is 1. The molecular formula is C17H14ClN5O. The predicted molar refractivity (Wildman–Crippen MR) is 93.0 cm³/mol. The zero-order valence-corrected chi connectivity index (χ0v) is 13.4. The molecule has 0 saturated heterocycles. The average Bonchev–Trinajstić information content (AvgIpc) is 3.23. The fourth-order valence-corrected chi connectivity index (χ4v) is 2.88. The minimum atomic E-state index is 0.0211. The lowest BCUT2D eigenvalue weighted by atomic mass is 10.0. The molecule has 7 heteroatoms. The van der Waals surface area contributed by atoms with E-state index >= 15 is 0 Å². The molecule has 0 amide bonds. The molecule has 4 rings (SSSR count). The van der Waals surface area contributed by atoms with Crippen LogP contribution in [-0.4, -0.2) is 15.9 Å². The molecule has 1 aliphatic heterocycles. The van der Waals surface area contributed by atoms with E-state index in [1.807, 2.05) is 59.6 Å². The van der Waals surface area contributed by atoms with Gasteiger partial charge in [-0.25, -0.2) is 0 Å². The summed E-state index contributed by atoms with van der Waals surface area (Å²) in [6.07, 6.45) is 0.637. The van der Waals surface area contributed by atoms with Crippen LogP contribution in [0.25, 0.3) is 0 Å². The topological polar surface area (TPSA) is 80.5 Å². The summed E-state index contributed by atoms with van der Waals surface area (Å²) in [5.41, 5.74) is 8.33. The predicted octanol–water partition coefficient (Wildman–Crippen LogP) is 3.66. The lowest BCUT2D eigenvalue weighted by Gasteiger charge is -2.23. The van der Waals surface area contributed by atoms with E-state index in [0.29, 0.717) is 23.0 Å². The highest BCUT2D eigenvalue weighted by Crippen LogP contribution is 2.36. The maximum absolute atomic E-state index is 6.01. The summed E-state index contributed by atoms with van der Waals surface area (Å²) >= 11 is 6.01. The molecule has 1 unspecified atom stereocenters. The minimum absolute atomic E-state index is 0.0211. The van der Waals surface area contributed by atoms with Crippen molar-refractivity contribution in [2.45, 2.75) is 12.5 Å². The van der Waals surface area contributed by atoms with Crippen molar-refractivity contribution >= 4 is 29.0 Å². The van der Waals surface area contributed by atoms with E-state index in [1.54, 1.807) is 0 Å². The Balaban J connectivity index is 1.74. The van der Waals surface area contributed by atoms with Gasteiger partial charge in [0.1, 0.15) is 5.71 Å². The first kappa shape index (κ1) is 14.7. The van der Waals surface area contributed by atoms with Gasteiger partial charge in [0.2, 0.25) is 0 Å². The molecule has 0 radical (unpaired) electrons. The SMILES string of the molecule is Nc1nnc(C2=NN(c3ccccc3)C(c3ccc(Cl)cc3)C2)o1. The summed E-state index contributed by atoms with van der Waals surface area (Å²) in [4.78, 5) is 0. The van der Waals surface area contributed by atoms with Gasteiger partial charge in [0.25, 0.3) is 5.89 Å². The summed E-state index contributed by atoms with van der Waals surface area (Å²) in [5.74, 6) is 0.352. The van der Waals surface area contributed by atoms with Gasteiger partial charge in [-0.2, -0.15) is 5.10 Å². The molecule has 3 aromatic rings. The number of anilines is 2. The smallest absolute Gasteiger partial charge is 0.313 e. The van der Waals surface area contributed by atoms with Crippen LogP contribution in [0.1, 0.15) is 23.9 Å². The van der Waals surface area contributed by atoms with Gasteiger partial charge in [-0.05, 0) is 29.8 Å². The largest absolute Gasteiger partial charge is 0.402 e. The normalized spacial score (nSPS) is 17.1. The van der Waals surface area contributed by atoms with Crippen molar-refractivity contribution in [3.8, 4) is 0 Å². The van der Waals surface area contributed by atoms with Crippen LogP contribution < -0.4 is 10.7 Å². The lowest BCUT2D eigenvalue weighted by Crippen LogP contribution is -2.18. The van der Waals surface area contributed by atoms with Crippen LogP contribution in [0, 0.1) is 0 Å². The van der Waals surface area contributed by atoms with Gasteiger partial charge in [0.15, 0.2) is 0 Å². The highest BCUT2D eigenvalue weighted by molar-refractivity contribution is 6.30. The number of nitrogens with two attached hydrogens (primary N) is 1. The first-order valence-corrected chi connectivity index (χ1v) is 7.85. The fraction of sp³-hybridized carbons (Fsp3) is 0.118. The molecule has 0 saturated carbocycles. The Kier molecular flexibility index (Phi) is 3.66. The van der Waals surface area contributed by atoms with Crippen LogP contribution in [0.2, 0.25) is 5.02 Å². The molecule has 2 aromatic carbocycles. The molecule has 0 spiro atoms. The number of rotatable bonds is 3. The van der Waals surface area contributed by atoms with Crippen LogP contribution in [0.5, 0.6) is 0 Å². The van der Waals surface area contributed by atoms with E-state index in [-0.39, 0.29) is 12.1 Å². The van der Waals surface area contributed by atoms with Gasteiger partial charge in [-0.1, -0.05) is 47.0 Å². The standard InChI is InChI=1S/C17H14ClN5O/c18-12-8-6-11(7-9-12)15-10-14(16-20-21-17(19)24-16)22-23(15)13-4-2-1-3-5-13/h1-9,15H,10H2,(H2,19,21). The number of aromatic nitrogens is 2. The zero-order chi connectivity index (χ0) is 16.5. The van der Waals surface area contributed by atoms with Crippen molar-refractivity contribution in [2.75, 3.05) is 10.7 Å². The van der Waals surface area contributed by atoms with Crippen LogP contribution >= 0.6 is 11.6 Å². The third-order valence-corrected chi connectivity index (χ3v) is 4.13. The van der Waals surface area contributed by atoms with Gasteiger partial charge in [0.05, 0.1) is 11.7 Å². The van der Waals surface area contributed by atoms with Crippen molar-refractivity contribution in [1.82, 2.24) is 10.2 Å². The maximum Gasteiger partial charge on any atom is 0.313 e. The van der Waals surface area contributed by atoms with Crippen molar-refractivity contribution in [1.29, 1.82) is 0 Å². The van der Waals surface area contributed by atoms with Crippen LogP contribution in [-0.2, 0) is 0 Å². The number of benzene rings is 2. The number of nitrogen functional groups attached to an aromatic ring is 1. The van der Waals surface area contributed by atoms with E-state index in [0.717, 1.165) is 11.3 Å². The molecule has 1 atom stereocenters. The summed E-state index contributed by atoms with van der Waals surface area (Å²) in [6, 6.07) is 17.8. The molecule has 1 aromatic heterocycles. The van der Waals surface area contributed by atoms with Gasteiger partial charge in [0, 0.05) is 11.4 Å². The molecule has 0 aliphatic carbocycles. The van der Waals surface area contributed by atoms with E-state index in [1.165, 1.54) is 0 Å². The van der Waals surface area contributed by atoms with Crippen molar-refractivity contribution in [3.63, 3.8) is 0 Å². The molecule has 120 valence electrons. The van der Waals surface area contributed by atoms with E-state index in [4.69, 9.17) is 21.8 Å². The summed E-state index contributed by atoms with van der Waals surface area (Å²) < 4.78 is 5.33. The molecule has 2 N–H and O–H groups in total. The average molecular weight is 340 g/mol. The number of hydrazone groups is 1. The second-order valence-electron chi connectivity index (χ2n) is 5.44. The Morgan fingerprint density at radius 2 is 1.79 bits per heavy atom. The van der Waals surface area contributed by atoms with E-state index < -0.39 is 0 Å².